The smallest absolute Gasteiger partial charge is 0.322 e. The highest BCUT2D eigenvalue weighted by molar-refractivity contribution is 7.98. The first-order valence-corrected chi connectivity index (χ1v) is 7.54. The second kappa shape index (κ2) is 10.9. The maximum absolute atomic E-state index is 11.9. The van der Waals surface area contributed by atoms with Crippen LogP contribution >= 0.6 is 11.8 Å². The molecule has 0 bridgehead atoms. The monoisotopic (exact) mass is 320 g/mol. The maximum atomic E-state index is 11.9. The van der Waals surface area contributed by atoms with Crippen molar-refractivity contribution in [3.63, 3.8) is 0 Å². The molecular formula is C11H20N4O5S. The lowest BCUT2D eigenvalue weighted by molar-refractivity contribution is -0.138. The average Bonchev–Trinajstić information content (AvgIpc) is 2.46. The lowest BCUT2D eigenvalue weighted by Gasteiger charge is -2.17. The van der Waals surface area contributed by atoms with E-state index < -0.39 is 36.3 Å². The van der Waals surface area contributed by atoms with Gasteiger partial charge in [-0.1, -0.05) is 0 Å². The molecule has 0 spiro atoms. The van der Waals surface area contributed by atoms with Crippen molar-refractivity contribution in [1.29, 1.82) is 0 Å². The third-order valence-electron chi connectivity index (χ3n) is 2.31. The Kier molecular flexibility index (Phi) is 9.98. The van der Waals surface area contributed by atoms with Gasteiger partial charge in [0.15, 0.2) is 0 Å². The van der Waals surface area contributed by atoms with E-state index in [1.807, 2.05) is 6.26 Å². The number of hydrogen-bond donors (Lipinski definition) is 5. The van der Waals surface area contributed by atoms with Crippen LogP contribution in [0.25, 0.3) is 0 Å². The van der Waals surface area contributed by atoms with Gasteiger partial charge >= 0.3 is 5.97 Å². The van der Waals surface area contributed by atoms with E-state index in [0.717, 1.165) is 0 Å². The van der Waals surface area contributed by atoms with E-state index in [4.69, 9.17) is 10.8 Å². The van der Waals surface area contributed by atoms with Gasteiger partial charge in [-0.05, 0) is 18.4 Å². The Morgan fingerprint density at radius 1 is 1.14 bits per heavy atom. The lowest BCUT2D eigenvalue weighted by atomic mass is 10.2. The summed E-state index contributed by atoms with van der Waals surface area (Å²) >= 11 is 1.51. The molecule has 0 saturated heterocycles. The normalized spacial score (nSPS) is 11.3. The topological polar surface area (TPSA) is 151 Å². The highest BCUT2D eigenvalue weighted by Crippen LogP contribution is 2.01. The predicted octanol–water partition coefficient (Wildman–Crippen LogP) is -2.50. The minimum Gasteiger partial charge on any atom is -0.480 e. The van der Waals surface area contributed by atoms with Crippen LogP contribution in [0.5, 0.6) is 0 Å². The van der Waals surface area contributed by atoms with Gasteiger partial charge in [-0.15, -0.1) is 0 Å². The van der Waals surface area contributed by atoms with Gasteiger partial charge in [-0.3, -0.25) is 19.2 Å². The quantitative estimate of drug-likeness (QED) is 0.298. The molecule has 0 heterocycles. The summed E-state index contributed by atoms with van der Waals surface area (Å²) in [5.74, 6) is -2.14. The molecule has 3 amide bonds. The molecule has 0 saturated carbocycles. The van der Waals surface area contributed by atoms with Crippen molar-refractivity contribution in [2.75, 3.05) is 31.6 Å². The number of carbonyl (C=O) groups is 4. The van der Waals surface area contributed by atoms with Crippen LogP contribution in [0.1, 0.15) is 6.42 Å². The Morgan fingerprint density at radius 2 is 1.81 bits per heavy atom. The Morgan fingerprint density at radius 3 is 2.33 bits per heavy atom. The van der Waals surface area contributed by atoms with Gasteiger partial charge in [-0.2, -0.15) is 11.8 Å². The maximum Gasteiger partial charge on any atom is 0.322 e. The van der Waals surface area contributed by atoms with Crippen LogP contribution in [0.15, 0.2) is 0 Å². The number of aliphatic carboxylic acids is 1. The van der Waals surface area contributed by atoms with Crippen molar-refractivity contribution in [2.45, 2.75) is 12.5 Å². The van der Waals surface area contributed by atoms with Gasteiger partial charge in [0.1, 0.15) is 12.6 Å². The third kappa shape index (κ3) is 9.68. The second-order valence-corrected chi connectivity index (χ2v) is 4.98. The van der Waals surface area contributed by atoms with Crippen LogP contribution in [-0.4, -0.2) is 66.5 Å². The van der Waals surface area contributed by atoms with E-state index in [0.29, 0.717) is 12.2 Å². The minimum absolute atomic E-state index is 0.234. The van der Waals surface area contributed by atoms with Crippen molar-refractivity contribution >= 4 is 35.5 Å². The molecule has 21 heavy (non-hydrogen) atoms. The van der Waals surface area contributed by atoms with E-state index in [-0.39, 0.29) is 13.1 Å². The van der Waals surface area contributed by atoms with Crippen LogP contribution in [-0.2, 0) is 19.2 Å². The molecule has 1 unspecified atom stereocenters. The largest absolute Gasteiger partial charge is 0.480 e. The summed E-state index contributed by atoms with van der Waals surface area (Å²) in [6, 6.07) is -0.777. The van der Waals surface area contributed by atoms with Crippen molar-refractivity contribution in [1.82, 2.24) is 16.0 Å². The molecule has 120 valence electrons. The molecule has 0 aromatic carbocycles. The number of amides is 3. The Labute approximate surface area is 126 Å². The van der Waals surface area contributed by atoms with Gasteiger partial charge in [0.05, 0.1) is 13.1 Å². The highest BCUT2D eigenvalue weighted by Gasteiger charge is 2.20. The number of hydrogen-bond acceptors (Lipinski definition) is 6. The molecule has 0 aromatic heterocycles. The zero-order valence-electron chi connectivity index (χ0n) is 11.7. The van der Waals surface area contributed by atoms with Gasteiger partial charge in [0.2, 0.25) is 17.7 Å². The molecule has 0 aliphatic carbocycles. The molecule has 0 aliphatic rings. The third-order valence-corrected chi connectivity index (χ3v) is 2.95. The number of carboxylic acids is 1. The van der Waals surface area contributed by atoms with E-state index in [9.17, 15) is 19.2 Å². The van der Waals surface area contributed by atoms with Gasteiger partial charge in [0.25, 0.3) is 0 Å². The summed E-state index contributed by atoms with van der Waals surface area (Å²) in [4.78, 5) is 44.6. The first-order chi connectivity index (χ1) is 9.90. The van der Waals surface area contributed by atoms with E-state index >= 15 is 0 Å². The van der Waals surface area contributed by atoms with Crippen LogP contribution in [0.3, 0.4) is 0 Å². The number of thioether (sulfide) groups is 1. The Bertz CT molecular complexity index is 391. The fourth-order valence-corrected chi connectivity index (χ4v) is 1.76. The first kappa shape index (κ1) is 19.2. The van der Waals surface area contributed by atoms with Crippen LogP contribution in [0.2, 0.25) is 0 Å². The van der Waals surface area contributed by atoms with Gasteiger partial charge < -0.3 is 26.8 Å². The Hall–Kier alpha value is -1.81. The molecule has 0 rings (SSSR count). The lowest BCUT2D eigenvalue weighted by Crippen LogP contribution is -2.50. The van der Waals surface area contributed by atoms with E-state index in [1.54, 1.807) is 0 Å². The molecule has 6 N–H and O–H groups in total. The summed E-state index contributed by atoms with van der Waals surface area (Å²) in [5.41, 5.74) is 5.17. The summed E-state index contributed by atoms with van der Waals surface area (Å²) in [6.07, 6.45) is 2.26. The number of nitrogens with two attached hydrogens (primary N) is 1. The SMILES string of the molecule is CSCCC(NC(=O)CN)C(=O)NCC(=O)NCC(=O)O. The van der Waals surface area contributed by atoms with Crippen LogP contribution < -0.4 is 21.7 Å². The van der Waals surface area contributed by atoms with E-state index in [2.05, 4.69) is 16.0 Å². The molecule has 10 heteroatoms. The second-order valence-electron chi connectivity index (χ2n) is 3.99. The first-order valence-electron chi connectivity index (χ1n) is 6.15. The average molecular weight is 320 g/mol. The van der Waals surface area contributed by atoms with Crippen molar-refractivity contribution in [3.05, 3.63) is 0 Å². The van der Waals surface area contributed by atoms with Crippen LogP contribution in [0, 0.1) is 0 Å². The predicted molar refractivity (Wildman–Crippen MR) is 77.6 cm³/mol. The molecular weight excluding hydrogens is 300 g/mol. The standard InChI is InChI=1S/C11H20N4O5S/c1-21-3-2-7(15-8(16)4-12)11(20)14-5-9(17)13-6-10(18)19/h7H,2-6,12H2,1H3,(H,13,17)(H,14,20)(H,15,16)(H,18,19). The van der Waals surface area contributed by atoms with Crippen molar-refractivity contribution in [2.24, 2.45) is 5.73 Å². The van der Waals surface area contributed by atoms with Crippen molar-refractivity contribution in [3.8, 4) is 0 Å². The molecule has 1 atom stereocenters. The minimum atomic E-state index is -1.18. The summed E-state index contributed by atoms with van der Waals surface area (Å²) in [7, 11) is 0. The van der Waals surface area contributed by atoms with E-state index in [1.165, 1.54) is 11.8 Å². The van der Waals surface area contributed by atoms with Crippen molar-refractivity contribution < 1.29 is 24.3 Å². The fraction of sp³-hybridized carbons (Fsp3) is 0.636. The Balaban J connectivity index is 4.28. The zero-order valence-corrected chi connectivity index (χ0v) is 12.5. The van der Waals surface area contributed by atoms with Crippen LogP contribution in [0.4, 0.5) is 0 Å². The summed E-state index contributed by atoms with van der Waals surface area (Å²) < 4.78 is 0. The molecule has 0 fully saturated rings. The number of nitrogens with one attached hydrogen (secondary N) is 3. The number of carbonyl (C=O) groups excluding carboxylic acids is 3. The summed E-state index contributed by atoms with van der Waals surface area (Å²) in [6.45, 7) is -1.11. The summed E-state index contributed by atoms with van der Waals surface area (Å²) in [5, 5.41) is 15.3. The molecule has 0 radical (unpaired) electrons. The zero-order chi connectivity index (χ0) is 16.3. The molecule has 0 aromatic rings. The molecule has 9 nitrogen and oxygen atoms in total. The van der Waals surface area contributed by atoms with Gasteiger partial charge in [-0.25, -0.2) is 0 Å². The fourth-order valence-electron chi connectivity index (χ4n) is 1.29. The number of carboxylic acid groups (broad SMARTS) is 1. The van der Waals surface area contributed by atoms with Gasteiger partial charge in [0, 0.05) is 0 Å². The number of rotatable bonds is 10. The molecule has 0 aliphatic heterocycles. The highest BCUT2D eigenvalue weighted by atomic mass is 32.2.